The molecule has 0 N–H and O–H groups in total. The Kier molecular flexibility index (Phi) is 6.18. The van der Waals surface area contributed by atoms with Crippen LogP contribution in [0.4, 0.5) is 17.1 Å². The molecule has 2 heterocycles. The Labute approximate surface area is 283 Å². The van der Waals surface area contributed by atoms with Crippen LogP contribution < -0.4 is 4.90 Å². The molecular weight excluding hydrogens is 597 g/mol. The van der Waals surface area contributed by atoms with E-state index in [1.54, 1.807) is 0 Å². The van der Waals surface area contributed by atoms with Gasteiger partial charge in [-0.2, -0.15) is 0 Å². The van der Waals surface area contributed by atoms with Gasteiger partial charge in [0, 0.05) is 38.6 Å². The summed E-state index contributed by atoms with van der Waals surface area (Å²) in [5.74, 6) is 0. The molecule has 230 valence electrons. The zero-order chi connectivity index (χ0) is 32.3. The highest BCUT2D eigenvalue weighted by Gasteiger charge is 2.22. The average Bonchev–Trinajstić information content (AvgIpc) is 3.73. The normalized spacial score (nSPS) is 11.7. The van der Waals surface area contributed by atoms with E-state index in [-0.39, 0.29) is 0 Å². The number of aromatic nitrogens is 1. The van der Waals surface area contributed by atoms with Crippen molar-refractivity contribution in [2.75, 3.05) is 4.90 Å². The molecule has 0 spiro atoms. The lowest BCUT2D eigenvalue weighted by Gasteiger charge is -2.26. The molecular formula is C46H30N2O. The Morgan fingerprint density at radius 2 is 0.959 bits per heavy atom. The van der Waals surface area contributed by atoms with Crippen molar-refractivity contribution in [2.45, 2.75) is 0 Å². The SMILES string of the molecule is c1ccc(-c2ccc(N(c3ccc(-n4c5ccccc5c5ccccc54)cc3)c3cc4ccccc4c4c3oc3ccccc34)cc2)cc1. The molecule has 0 saturated heterocycles. The van der Waals surface area contributed by atoms with Gasteiger partial charge >= 0.3 is 0 Å². The Morgan fingerprint density at radius 3 is 1.65 bits per heavy atom. The third-order valence-electron chi connectivity index (χ3n) is 9.77. The third kappa shape index (κ3) is 4.37. The summed E-state index contributed by atoms with van der Waals surface area (Å²) in [4.78, 5) is 2.33. The zero-order valence-corrected chi connectivity index (χ0v) is 26.6. The molecule has 0 radical (unpaired) electrons. The van der Waals surface area contributed by atoms with Crippen molar-refractivity contribution < 1.29 is 4.42 Å². The van der Waals surface area contributed by atoms with Crippen molar-refractivity contribution in [3.63, 3.8) is 0 Å². The first-order valence-electron chi connectivity index (χ1n) is 16.7. The second kappa shape index (κ2) is 11.0. The van der Waals surface area contributed by atoms with Crippen molar-refractivity contribution in [3.05, 3.63) is 182 Å². The quantitative estimate of drug-likeness (QED) is 0.190. The maximum absolute atomic E-state index is 6.74. The minimum absolute atomic E-state index is 0.874. The smallest absolute Gasteiger partial charge is 0.160 e. The van der Waals surface area contributed by atoms with Gasteiger partial charge < -0.3 is 13.9 Å². The van der Waals surface area contributed by atoms with Crippen molar-refractivity contribution in [3.8, 4) is 16.8 Å². The minimum Gasteiger partial charge on any atom is -0.454 e. The fourth-order valence-corrected chi connectivity index (χ4v) is 7.53. The number of nitrogens with zero attached hydrogens (tertiary/aromatic N) is 2. The van der Waals surface area contributed by atoms with Crippen molar-refractivity contribution >= 4 is 71.6 Å². The molecule has 0 aliphatic carbocycles. The topological polar surface area (TPSA) is 21.3 Å². The summed E-state index contributed by atoms with van der Waals surface area (Å²) in [5, 5.41) is 7.13. The van der Waals surface area contributed by atoms with E-state index in [4.69, 9.17) is 4.42 Å². The van der Waals surface area contributed by atoms with E-state index in [1.165, 1.54) is 43.7 Å². The summed E-state index contributed by atoms with van der Waals surface area (Å²) in [5.41, 5.74) is 10.8. The Balaban J connectivity index is 1.20. The number of para-hydroxylation sites is 3. The van der Waals surface area contributed by atoms with Gasteiger partial charge in [0.05, 0.1) is 16.7 Å². The van der Waals surface area contributed by atoms with E-state index in [1.807, 2.05) is 6.07 Å². The molecule has 0 aliphatic heterocycles. The molecule has 2 aromatic heterocycles. The first-order valence-corrected chi connectivity index (χ1v) is 16.7. The first kappa shape index (κ1) is 27.5. The largest absolute Gasteiger partial charge is 0.454 e. The summed E-state index contributed by atoms with van der Waals surface area (Å²) in [7, 11) is 0. The lowest BCUT2D eigenvalue weighted by Crippen LogP contribution is -2.10. The van der Waals surface area contributed by atoms with Gasteiger partial charge in [-0.15, -0.1) is 0 Å². The van der Waals surface area contributed by atoms with Crippen molar-refractivity contribution in [1.29, 1.82) is 0 Å². The summed E-state index contributed by atoms with van der Waals surface area (Å²) in [6.45, 7) is 0. The summed E-state index contributed by atoms with van der Waals surface area (Å²) < 4.78 is 9.10. The number of benzene rings is 8. The molecule has 0 bridgehead atoms. The van der Waals surface area contributed by atoms with Gasteiger partial charge in [0.1, 0.15) is 5.58 Å². The van der Waals surface area contributed by atoms with Gasteiger partial charge in [-0.3, -0.25) is 0 Å². The van der Waals surface area contributed by atoms with E-state index in [2.05, 4.69) is 185 Å². The van der Waals surface area contributed by atoms with E-state index < -0.39 is 0 Å². The van der Waals surface area contributed by atoms with Gasteiger partial charge in [-0.05, 0) is 82.6 Å². The fraction of sp³-hybridized carbons (Fsp3) is 0. The monoisotopic (exact) mass is 626 g/mol. The second-order valence-corrected chi connectivity index (χ2v) is 12.6. The number of hydrogen-bond acceptors (Lipinski definition) is 2. The Bertz CT molecular complexity index is 2750. The van der Waals surface area contributed by atoms with Crippen LogP contribution in [-0.2, 0) is 0 Å². The van der Waals surface area contributed by atoms with Crippen LogP contribution in [0.5, 0.6) is 0 Å². The van der Waals surface area contributed by atoms with Crippen LogP contribution in [0.1, 0.15) is 0 Å². The van der Waals surface area contributed by atoms with Crippen molar-refractivity contribution in [1.82, 2.24) is 4.57 Å². The average molecular weight is 627 g/mol. The second-order valence-electron chi connectivity index (χ2n) is 12.6. The molecule has 8 aromatic carbocycles. The minimum atomic E-state index is 0.874. The van der Waals surface area contributed by atoms with Crippen LogP contribution in [0.3, 0.4) is 0 Å². The predicted octanol–water partition coefficient (Wildman–Crippen LogP) is 13.0. The highest BCUT2D eigenvalue weighted by Crippen LogP contribution is 2.46. The Morgan fingerprint density at radius 1 is 0.429 bits per heavy atom. The summed E-state index contributed by atoms with van der Waals surface area (Å²) in [6.07, 6.45) is 0. The van der Waals surface area contributed by atoms with Gasteiger partial charge in [0.25, 0.3) is 0 Å². The number of furan rings is 1. The molecule has 10 aromatic rings. The lowest BCUT2D eigenvalue weighted by molar-refractivity contribution is 0.669. The van der Waals surface area contributed by atoms with Crippen LogP contribution in [0.25, 0.3) is 71.3 Å². The third-order valence-corrected chi connectivity index (χ3v) is 9.77. The molecule has 0 unspecified atom stereocenters. The molecule has 10 rings (SSSR count). The number of rotatable bonds is 5. The van der Waals surface area contributed by atoms with Crippen LogP contribution >= 0.6 is 0 Å². The number of hydrogen-bond donors (Lipinski definition) is 0. The van der Waals surface area contributed by atoms with Crippen LogP contribution in [0, 0.1) is 0 Å². The van der Waals surface area contributed by atoms with Gasteiger partial charge in [0.15, 0.2) is 5.58 Å². The highest BCUT2D eigenvalue weighted by molar-refractivity contribution is 6.23. The molecule has 3 heteroatoms. The van der Waals surface area contributed by atoms with E-state index in [9.17, 15) is 0 Å². The van der Waals surface area contributed by atoms with E-state index >= 15 is 0 Å². The van der Waals surface area contributed by atoms with E-state index in [0.717, 1.165) is 44.7 Å². The molecule has 0 saturated carbocycles. The lowest BCUT2D eigenvalue weighted by atomic mass is 10.0. The number of anilines is 3. The predicted molar refractivity (Wildman–Crippen MR) is 206 cm³/mol. The van der Waals surface area contributed by atoms with Crippen LogP contribution in [0.15, 0.2) is 186 Å². The van der Waals surface area contributed by atoms with Gasteiger partial charge in [0.2, 0.25) is 0 Å². The Hall–Kier alpha value is -6.58. The first-order chi connectivity index (χ1) is 24.3. The zero-order valence-electron chi connectivity index (χ0n) is 26.6. The molecule has 0 atom stereocenters. The summed E-state index contributed by atoms with van der Waals surface area (Å²) >= 11 is 0. The highest BCUT2D eigenvalue weighted by atomic mass is 16.3. The summed E-state index contributed by atoms with van der Waals surface area (Å²) in [6, 6.07) is 64.8. The molecule has 3 nitrogen and oxygen atoms in total. The maximum Gasteiger partial charge on any atom is 0.160 e. The van der Waals surface area contributed by atoms with Gasteiger partial charge in [-0.25, -0.2) is 0 Å². The molecule has 0 aliphatic rings. The van der Waals surface area contributed by atoms with Gasteiger partial charge in [-0.1, -0.05) is 121 Å². The molecule has 49 heavy (non-hydrogen) atoms. The maximum atomic E-state index is 6.74. The molecule has 0 amide bonds. The number of fused-ring (bicyclic) bond motifs is 8. The van der Waals surface area contributed by atoms with E-state index in [0.29, 0.717) is 0 Å². The molecule has 0 fully saturated rings. The fourth-order valence-electron chi connectivity index (χ4n) is 7.53. The van der Waals surface area contributed by atoms with Crippen LogP contribution in [0.2, 0.25) is 0 Å². The van der Waals surface area contributed by atoms with Crippen molar-refractivity contribution in [2.24, 2.45) is 0 Å². The standard InChI is InChI=1S/C46H30N2O/c1-2-12-31(13-3-1)32-22-24-34(25-23-32)47(43-30-33-14-4-5-15-37(33)45-40-18-8-11-21-44(40)49-46(43)45)35-26-28-36(29-27-35)48-41-19-9-6-16-38(41)39-17-7-10-20-42(39)48/h1-30H. The van der Waals surface area contributed by atoms with Crippen LogP contribution in [-0.4, -0.2) is 4.57 Å².